The summed E-state index contributed by atoms with van der Waals surface area (Å²) in [6.07, 6.45) is 6.11. The fourth-order valence-corrected chi connectivity index (χ4v) is 3.12. The van der Waals surface area contributed by atoms with E-state index in [1.54, 1.807) is 0 Å². The Labute approximate surface area is 104 Å². The molecule has 1 N–H and O–H groups in total. The van der Waals surface area contributed by atoms with Gasteiger partial charge in [0.1, 0.15) is 9.84 Å². The molecule has 0 rings (SSSR count). The molecule has 0 spiro atoms. The molecule has 0 aliphatic heterocycles. The molecule has 0 heterocycles. The third-order valence-electron chi connectivity index (χ3n) is 2.65. The predicted octanol–water partition coefficient (Wildman–Crippen LogP) is 2.63. The van der Waals surface area contributed by atoms with Gasteiger partial charge in [0.05, 0.1) is 11.5 Å². The smallest absolute Gasteiger partial charge is 0.303 e. The zero-order chi connectivity index (χ0) is 13.1. The molecule has 0 aliphatic carbocycles. The lowest BCUT2D eigenvalue weighted by molar-refractivity contribution is -0.137. The number of carbonyl (C=O) groups is 1. The van der Waals surface area contributed by atoms with Gasteiger partial charge in [-0.1, -0.05) is 32.6 Å². The van der Waals surface area contributed by atoms with E-state index in [4.69, 9.17) is 5.11 Å². The van der Waals surface area contributed by atoms with Crippen molar-refractivity contribution >= 4 is 15.8 Å². The molecule has 0 radical (unpaired) electrons. The van der Waals surface area contributed by atoms with Crippen molar-refractivity contribution in [1.29, 1.82) is 0 Å². The van der Waals surface area contributed by atoms with Crippen LogP contribution in [-0.2, 0) is 14.6 Å². The first-order valence-corrected chi connectivity index (χ1v) is 8.22. The van der Waals surface area contributed by atoms with E-state index in [2.05, 4.69) is 6.92 Å². The number of hydrogen-bond donors (Lipinski definition) is 1. The van der Waals surface area contributed by atoms with Crippen LogP contribution in [0.5, 0.6) is 0 Å². The molecule has 0 saturated carbocycles. The number of aliphatic carboxylic acids is 1. The monoisotopic (exact) mass is 264 g/mol. The Morgan fingerprint density at radius 1 is 0.941 bits per heavy atom. The minimum absolute atomic E-state index is 0.0615. The van der Waals surface area contributed by atoms with Gasteiger partial charge in [-0.25, -0.2) is 8.42 Å². The molecule has 5 heteroatoms. The third-order valence-corrected chi connectivity index (χ3v) is 4.48. The van der Waals surface area contributed by atoms with Crippen molar-refractivity contribution in [3.63, 3.8) is 0 Å². The van der Waals surface area contributed by atoms with Gasteiger partial charge >= 0.3 is 5.97 Å². The van der Waals surface area contributed by atoms with E-state index >= 15 is 0 Å². The highest BCUT2D eigenvalue weighted by molar-refractivity contribution is 7.91. The summed E-state index contributed by atoms with van der Waals surface area (Å²) < 4.78 is 23.1. The van der Waals surface area contributed by atoms with E-state index in [1.807, 2.05) is 0 Å². The number of unbranched alkanes of at least 4 members (excludes halogenated alkanes) is 5. The van der Waals surface area contributed by atoms with Crippen LogP contribution in [0, 0.1) is 0 Å². The Hall–Kier alpha value is -0.580. The van der Waals surface area contributed by atoms with Crippen molar-refractivity contribution in [3.8, 4) is 0 Å². The van der Waals surface area contributed by atoms with Gasteiger partial charge in [-0.15, -0.1) is 0 Å². The molecule has 0 amide bonds. The van der Waals surface area contributed by atoms with Crippen LogP contribution in [0.1, 0.15) is 58.3 Å². The Morgan fingerprint density at radius 3 is 2.00 bits per heavy atom. The van der Waals surface area contributed by atoms with E-state index < -0.39 is 15.8 Å². The maximum atomic E-state index is 11.6. The van der Waals surface area contributed by atoms with E-state index in [0.717, 1.165) is 25.7 Å². The summed E-state index contributed by atoms with van der Waals surface area (Å²) in [7, 11) is -2.96. The van der Waals surface area contributed by atoms with Crippen LogP contribution in [0.4, 0.5) is 0 Å². The lowest BCUT2D eigenvalue weighted by Gasteiger charge is -2.03. The molecule has 0 bridgehead atoms. The average Bonchev–Trinajstić information content (AvgIpc) is 2.24. The first kappa shape index (κ1) is 16.4. The van der Waals surface area contributed by atoms with Crippen LogP contribution in [0.15, 0.2) is 0 Å². The Kier molecular flexibility index (Phi) is 9.13. The van der Waals surface area contributed by atoms with E-state index in [9.17, 15) is 13.2 Å². The molecule has 0 saturated heterocycles. The lowest BCUT2D eigenvalue weighted by Crippen LogP contribution is -2.11. The summed E-state index contributed by atoms with van der Waals surface area (Å²) in [5.41, 5.74) is 0. The van der Waals surface area contributed by atoms with Crippen molar-refractivity contribution in [3.05, 3.63) is 0 Å². The van der Waals surface area contributed by atoms with Gasteiger partial charge in [0.2, 0.25) is 0 Å². The van der Waals surface area contributed by atoms with Crippen LogP contribution in [-0.4, -0.2) is 31.0 Å². The molecule has 0 unspecified atom stereocenters. The molecule has 0 fully saturated rings. The second kappa shape index (κ2) is 9.45. The van der Waals surface area contributed by atoms with Gasteiger partial charge in [0, 0.05) is 6.42 Å². The standard InChI is InChI=1S/C12H24O4S/c1-2-3-4-5-7-10-17(15,16)11-8-6-9-12(13)14/h2-11H2,1H3,(H,13,14). The lowest BCUT2D eigenvalue weighted by atomic mass is 10.2. The van der Waals surface area contributed by atoms with Crippen molar-refractivity contribution in [2.45, 2.75) is 58.3 Å². The summed E-state index contributed by atoms with van der Waals surface area (Å²) in [5.74, 6) is -0.473. The van der Waals surface area contributed by atoms with Crippen LogP contribution >= 0.6 is 0 Å². The average molecular weight is 264 g/mol. The molecule has 17 heavy (non-hydrogen) atoms. The van der Waals surface area contributed by atoms with E-state index in [0.29, 0.717) is 12.8 Å². The minimum atomic E-state index is -2.96. The Bertz CT molecular complexity index is 296. The number of carboxylic acid groups (broad SMARTS) is 1. The molecule has 0 aromatic heterocycles. The summed E-state index contributed by atoms with van der Waals surface area (Å²) in [6, 6.07) is 0. The highest BCUT2D eigenvalue weighted by atomic mass is 32.2. The summed E-state index contributed by atoms with van der Waals surface area (Å²) >= 11 is 0. The van der Waals surface area contributed by atoms with Gasteiger partial charge in [-0.05, 0) is 19.3 Å². The van der Waals surface area contributed by atoms with Crippen molar-refractivity contribution < 1.29 is 18.3 Å². The largest absolute Gasteiger partial charge is 0.481 e. The van der Waals surface area contributed by atoms with Gasteiger partial charge in [-0.2, -0.15) is 0 Å². The second-order valence-electron chi connectivity index (χ2n) is 4.42. The fourth-order valence-electron chi connectivity index (χ4n) is 1.63. The topological polar surface area (TPSA) is 71.4 Å². The molecule has 0 aromatic carbocycles. The molecule has 4 nitrogen and oxygen atoms in total. The quantitative estimate of drug-likeness (QED) is 0.582. The van der Waals surface area contributed by atoms with Gasteiger partial charge in [-0.3, -0.25) is 4.79 Å². The number of carboxylic acids is 1. The van der Waals surface area contributed by atoms with Crippen molar-refractivity contribution in [1.82, 2.24) is 0 Å². The third kappa shape index (κ3) is 11.7. The molecule has 0 atom stereocenters. The van der Waals surface area contributed by atoms with Gasteiger partial charge in [0.25, 0.3) is 0 Å². The second-order valence-corrected chi connectivity index (χ2v) is 6.72. The zero-order valence-corrected chi connectivity index (χ0v) is 11.5. The molecule has 102 valence electrons. The molecule has 0 aliphatic rings. The van der Waals surface area contributed by atoms with Gasteiger partial charge in [0.15, 0.2) is 0 Å². The highest BCUT2D eigenvalue weighted by Crippen LogP contribution is 2.07. The van der Waals surface area contributed by atoms with E-state index in [1.165, 1.54) is 6.42 Å². The Balaban J connectivity index is 3.55. The summed E-state index contributed by atoms with van der Waals surface area (Å²) in [6.45, 7) is 2.12. The van der Waals surface area contributed by atoms with Crippen molar-refractivity contribution in [2.75, 3.05) is 11.5 Å². The SMILES string of the molecule is CCCCCCCS(=O)(=O)CCCCC(=O)O. The normalized spacial score (nSPS) is 11.6. The van der Waals surface area contributed by atoms with Crippen LogP contribution < -0.4 is 0 Å². The highest BCUT2D eigenvalue weighted by Gasteiger charge is 2.10. The number of sulfone groups is 1. The first-order chi connectivity index (χ1) is 7.98. The van der Waals surface area contributed by atoms with Crippen LogP contribution in [0.2, 0.25) is 0 Å². The number of hydrogen-bond acceptors (Lipinski definition) is 3. The molecule has 0 aromatic rings. The summed E-state index contributed by atoms with van der Waals surface area (Å²) in [5, 5.41) is 8.42. The van der Waals surface area contributed by atoms with Crippen LogP contribution in [0.3, 0.4) is 0 Å². The first-order valence-electron chi connectivity index (χ1n) is 6.40. The zero-order valence-electron chi connectivity index (χ0n) is 10.7. The van der Waals surface area contributed by atoms with Gasteiger partial charge < -0.3 is 5.11 Å². The van der Waals surface area contributed by atoms with E-state index in [-0.39, 0.29) is 17.9 Å². The maximum Gasteiger partial charge on any atom is 0.303 e. The number of rotatable bonds is 11. The summed E-state index contributed by atoms with van der Waals surface area (Å²) in [4.78, 5) is 10.2. The maximum absolute atomic E-state index is 11.6. The van der Waals surface area contributed by atoms with Crippen molar-refractivity contribution in [2.24, 2.45) is 0 Å². The van der Waals surface area contributed by atoms with Crippen LogP contribution in [0.25, 0.3) is 0 Å². The minimum Gasteiger partial charge on any atom is -0.481 e. The molecular formula is C12H24O4S. The molecular weight excluding hydrogens is 240 g/mol. The fraction of sp³-hybridized carbons (Fsp3) is 0.917. The Morgan fingerprint density at radius 2 is 1.47 bits per heavy atom. The predicted molar refractivity (Wildman–Crippen MR) is 68.9 cm³/mol.